The summed E-state index contributed by atoms with van der Waals surface area (Å²) < 4.78 is 18.7. The van der Waals surface area contributed by atoms with Crippen LogP contribution in [0.1, 0.15) is 15.9 Å². The fourth-order valence-electron chi connectivity index (χ4n) is 1.71. The van der Waals surface area contributed by atoms with Crippen molar-refractivity contribution in [1.29, 1.82) is 0 Å². The average molecular weight is 272 g/mol. The van der Waals surface area contributed by atoms with Crippen LogP contribution < -0.4 is 4.74 Å². The Morgan fingerprint density at radius 2 is 1.80 bits per heavy atom. The first-order chi connectivity index (χ1) is 9.69. The minimum Gasteiger partial charge on any atom is -0.486 e. The van der Waals surface area contributed by atoms with E-state index in [4.69, 9.17) is 4.74 Å². The van der Waals surface area contributed by atoms with E-state index in [9.17, 15) is 14.0 Å². The minimum atomic E-state index is -0.392. The maximum absolute atomic E-state index is 13.4. The fourth-order valence-corrected chi connectivity index (χ4v) is 1.71. The Bertz CT molecular complexity index is 605. The summed E-state index contributed by atoms with van der Waals surface area (Å²) in [7, 11) is 0. The van der Waals surface area contributed by atoms with E-state index in [2.05, 4.69) is 0 Å². The zero-order chi connectivity index (χ0) is 14.4. The third-order valence-electron chi connectivity index (χ3n) is 2.76. The molecule has 0 spiro atoms. The molecule has 0 radical (unpaired) electrons. The maximum Gasteiger partial charge on any atom is 0.174 e. The predicted molar refractivity (Wildman–Crippen MR) is 72.4 cm³/mol. The number of hydrogen-bond donors (Lipinski definition) is 0. The zero-order valence-corrected chi connectivity index (χ0v) is 10.7. The Kier molecular flexibility index (Phi) is 4.60. The van der Waals surface area contributed by atoms with E-state index >= 15 is 0 Å². The lowest BCUT2D eigenvalue weighted by Crippen LogP contribution is -2.14. The second kappa shape index (κ2) is 6.61. The summed E-state index contributed by atoms with van der Waals surface area (Å²) in [5, 5.41) is 0. The van der Waals surface area contributed by atoms with Crippen LogP contribution in [0.2, 0.25) is 0 Å². The molecule has 0 aliphatic carbocycles. The molecular formula is C16H13FO3. The zero-order valence-electron chi connectivity index (χ0n) is 10.7. The van der Waals surface area contributed by atoms with Crippen molar-refractivity contribution in [2.45, 2.75) is 6.42 Å². The highest BCUT2D eigenvalue weighted by Gasteiger charge is 2.08. The lowest BCUT2D eigenvalue weighted by molar-refractivity contribution is -0.120. The first-order valence-corrected chi connectivity index (χ1v) is 6.12. The van der Waals surface area contributed by atoms with E-state index < -0.39 is 5.82 Å². The first kappa shape index (κ1) is 13.9. The smallest absolute Gasteiger partial charge is 0.174 e. The quantitative estimate of drug-likeness (QED) is 0.759. The first-order valence-electron chi connectivity index (χ1n) is 6.12. The highest BCUT2D eigenvalue weighted by molar-refractivity contribution is 5.82. The van der Waals surface area contributed by atoms with Crippen molar-refractivity contribution in [3.05, 3.63) is 65.5 Å². The van der Waals surface area contributed by atoms with Gasteiger partial charge in [-0.25, -0.2) is 4.39 Å². The van der Waals surface area contributed by atoms with Crippen LogP contribution in [-0.4, -0.2) is 18.7 Å². The maximum atomic E-state index is 13.4. The molecule has 102 valence electrons. The van der Waals surface area contributed by atoms with E-state index in [1.165, 1.54) is 6.07 Å². The van der Waals surface area contributed by atoms with Crippen LogP contribution in [0.25, 0.3) is 0 Å². The number of carbonyl (C=O) groups is 2. The number of halogens is 1. The lowest BCUT2D eigenvalue weighted by Gasteiger charge is -2.06. The van der Waals surface area contributed by atoms with Crippen LogP contribution in [0.5, 0.6) is 5.75 Å². The number of carbonyl (C=O) groups excluding carboxylic acids is 2. The molecule has 0 saturated carbocycles. The van der Waals surface area contributed by atoms with E-state index in [-0.39, 0.29) is 18.8 Å². The standard InChI is InChI=1S/C16H13FO3/c17-16-4-2-1-3-13(16)9-14(19)11-20-15-7-5-12(10-18)6-8-15/h1-8,10H,9,11H2. The van der Waals surface area contributed by atoms with Crippen molar-refractivity contribution in [3.63, 3.8) is 0 Å². The molecule has 0 atom stereocenters. The van der Waals surface area contributed by atoms with Gasteiger partial charge < -0.3 is 4.74 Å². The van der Waals surface area contributed by atoms with Crippen LogP contribution in [0, 0.1) is 5.82 Å². The second-order valence-electron chi connectivity index (χ2n) is 4.28. The number of benzene rings is 2. The average Bonchev–Trinajstić information content (AvgIpc) is 2.48. The molecule has 0 amide bonds. The molecule has 0 aliphatic heterocycles. The Hall–Kier alpha value is -2.49. The lowest BCUT2D eigenvalue weighted by atomic mass is 10.1. The van der Waals surface area contributed by atoms with Crippen molar-refractivity contribution >= 4 is 12.1 Å². The molecule has 0 unspecified atom stereocenters. The van der Waals surface area contributed by atoms with Gasteiger partial charge >= 0.3 is 0 Å². The molecule has 4 heteroatoms. The molecule has 2 aromatic rings. The van der Waals surface area contributed by atoms with Crippen LogP contribution in [0.3, 0.4) is 0 Å². The van der Waals surface area contributed by atoms with Gasteiger partial charge in [-0.15, -0.1) is 0 Å². The Morgan fingerprint density at radius 3 is 2.45 bits per heavy atom. The van der Waals surface area contributed by atoms with Gasteiger partial charge in [-0.05, 0) is 35.9 Å². The van der Waals surface area contributed by atoms with Crippen molar-refractivity contribution < 1.29 is 18.7 Å². The van der Waals surface area contributed by atoms with Gasteiger partial charge in [0.2, 0.25) is 0 Å². The van der Waals surface area contributed by atoms with Crippen molar-refractivity contribution in [3.8, 4) is 5.75 Å². The van der Waals surface area contributed by atoms with E-state index in [1.807, 2.05) is 0 Å². The molecule has 20 heavy (non-hydrogen) atoms. The van der Waals surface area contributed by atoms with Crippen molar-refractivity contribution in [2.75, 3.05) is 6.61 Å². The molecule has 0 aliphatic rings. The Morgan fingerprint density at radius 1 is 1.10 bits per heavy atom. The van der Waals surface area contributed by atoms with Gasteiger partial charge in [0, 0.05) is 12.0 Å². The van der Waals surface area contributed by atoms with E-state index in [1.54, 1.807) is 42.5 Å². The molecule has 3 nitrogen and oxygen atoms in total. The van der Waals surface area contributed by atoms with Gasteiger partial charge in [-0.1, -0.05) is 18.2 Å². The number of Topliss-reactive ketones (excluding diaryl/α,β-unsaturated/α-hetero) is 1. The van der Waals surface area contributed by atoms with Gasteiger partial charge in [-0.2, -0.15) is 0 Å². The summed E-state index contributed by atoms with van der Waals surface area (Å²) in [5.41, 5.74) is 0.896. The molecule has 0 bridgehead atoms. The largest absolute Gasteiger partial charge is 0.486 e. The number of aldehydes is 1. The predicted octanol–water partition coefficient (Wildman–Crippen LogP) is 2.83. The topological polar surface area (TPSA) is 43.4 Å². The molecule has 2 aromatic carbocycles. The number of rotatable bonds is 6. The molecule has 0 saturated heterocycles. The SMILES string of the molecule is O=Cc1ccc(OCC(=O)Cc2ccccc2F)cc1. The summed E-state index contributed by atoms with van der Waals surface area (Å²) in [6.07, 6.45) is 0.728. The number of ether oxygens (including phenoxy) is 1. The van der Waals surface area contributed by atoms with Crippen LogP contribution in [0.4, 0.5) is 4.39 Å². The summed E-state index contributed by atoms with van der Waals surface area (Å²) in [4.78, 5) is 22.2. The van der Waals surface area contributed by atoms with Gasteiger partial charge in [0.1, 0.15) is 24.5 Å². The number of hydrogen-bond acceptors (Lipinski definition) is 3. The van der Waals surface area contributed by atoms with E-state index in [0.29, 0.717) is 16.9 Å². The van der Waals surface area contributed by atoms with Gasteiger partial charge in [0.15, 0.2) is 5.78 Å². The van der Waals surface area contributed by atoms with Crippen LogP contribution in [-0.2, 0) is 11.2 Å². The fraction of sp³-hybridized carbons (Fsp3) is 0.125. The molecule has 0 N–H and O–H groups in total. The molecule has 0 heterocycles. The van der Waals surface area contributed by atoms with Crippen LogP contribution in [0.15, 0.2) is 48.5 Å². The minimum absolute atomic E-state index is 0.000898. The van der Waals surface area contributed by atoms with Gasteiger partial charge in [0.25, 0.3) is 0 Å². The molecule has 0 fully saturated rings. The summed E-state index contributed by atoms with van der Waals surface area (Å²) in [6.45, 7) is -0.130. The highest BCUT2D eigenvalue weighted by Crippen LogP contribution is 2.12. The number of ketones is 1. The van der Waals surface area contributed by atoms with Crippen LogP contribution >= 0.6 is 0 Å². The Balaban J connectivity index is 1.88. The monoisotopic (exact) mass is 272 g/mol. The summed E-state index contributed by atoms with van der Waals surface area (Å²) >= 11 is 0. The van der Waals surface area contributed by atoms with Gasteiger partial charge in [-0.3, -0.25) is 9.59 Å². The van der Waals surface area contributed by atoms with Gasteiger partial charge in [0.05, 0.1) is 0 Å². The molecular weight excluding hydrogens is 259 g/mol. The summed E-state index contributed by atoms with van der Waals surface area (Å²) in [6, 6.07) is 12.6. The van der Waals surface area contributed by atoms with Crippen molar-refractivity contribution in [2.24, 2.45) is 0 Å². The van der Waals surface area contributed by atoms with E-state index in [0.717, 1.165) is 6.29 Å². The molecule has 0 aromatic heterocycles. The second-order valence-corrected chi connectivity index (χ2v) is 4.28. The highest BCUT2D eigenvalue weighted by atomic mass is 19.1. The normalized spacial score (nSPS) is 10.1. The third-order valence-corrected chi connectivity index (χ3v) is 2.76. The Labute approximate surface area is 116 Å². The third kappa shape index (κ3) is 3.75. The molecule has 2 rings (SSSR count). The van der Waals surface area contributed by atoms with Crippen molar-refractivity contribution in [1.82, 2.24) is 0 Å². The summed E-state index contributed by atoms with van der Waals surface area (Å²) in [5.74, 6) is -0.108.